The Hall–Kier alpha value is -1.69. The van der Waals surface area contributed by atoms with Crippen LogP contribution in [-0.4, -0.2) is 14.5 Å². The number of thiazole rings is 1. The van der Waals surface area contributed by atoms with Crippen molar-refractivity contribution in [1.82, 2.24) is 14.5 Å². The highest BCUT2D eigenvalue weighted by molar-refractivity contribution is 7.71. The van der Waals surface area contributed by atoms with E-state index in [-0.39, 0.29) is 0 Å². The Labute approximate surface area is 128 Å². The van der Waals surface area contributed by atoms with E-state index < -0.39 is 0 Å². The fourth-order valence-electron chi connectivity index (χ4n) is 2.35. The van der Waals surface area contributed by atoms with E-state index in [1.807, 2.05) is 40.4 Å². The smallest absolute Gasteiger partial charge is 0.182 e. The molecule has 2 aromatic heterocycles. The van der Waals surface area contributed by atoms with E-state index in [1.54, 1.807) is 11.3 Å². The molecule has 0 radical (unpaired) electrons. The lowest BCUT2D eigenvalue weighted by molar-refractivity contribution is 1.07. The van der Waals surface area contributed by atoms with Crippen molar-refractivity contribution in [2.24, 2.45) is 0 Å². The molecule has 2 heterocycles. The molecule has 2 aromatic carbocycles. The molecule has 0 aliphatic rings. The zero-order valence-corrected chi connectivity index (χ0v) is 12.5. The molecule has 3 nitrogen and oxygen atoms in total. The van der Waals surface area contributed by atoms with Crippen LogP contribution in [0.3, 0.4) is 0 Å². The van der Waals surface area contributed by atoms with Gasteiger partial charge < -0.3 is 4.98 Å². The van der Waals surface area contributed by atoms with Crippen LogP contribution in [0.5, 0.6) is 0 Å². The molecular formula is C14H8ClN3S2. The number of fused-ring (bicyclic) bond motifs is 2. The number of nitrogens with one attached hydrogen (secondary N) is 1. The van der Waals surface area contributed by atoms with E-state index in [4.69, 9.17) is 23.8 Å². The number of halogens is 1. The third-order valence-electron chi connectivity index (χ3n) is 3.23. The van der Waals surface area contributed by atoms with E-state index in [2.05, 4.69) is 16.0 Å². The van der Waals surface area contributed by atoms with Gasteiger partial charge in [0, 0.05) is 0 Å². The Morgan fingerprint density at radius 2 is 2.15 bits per heavy atom. The van der Waals surface area contributed by atoms with Crippen LogP contribution in [0, 0.1) is 4.77 Å². The van der Waals surface area contributed by atoms with E-state index in [0.717, 1.165) is 26.9 Å². The molecule has 0 saturated carbocycles. The highest BCUT2D eigenvalue weighted by Gasteiger charge is 2.10. The number of H-pyrrole nitrogens is 1. The Morgan fingerprint density at radius 1 is 1.25 bits per heavy atom. The van der Waals surface area contributed by atoms with Crippen molar-refractivity contribution >= 4 is 56.4 Å². The number of imidazole rings is 1. The van der Waals surface area contributed by atoms with Gasteiger partial charge in [0.25, 0.3) is 0 Å². The molecule has 20 heavy (non-hydrogen) atoms. The summed E-state index contributed by atoms with van der Waals surface area (Å²) < 4.78 is 3.73. The number of nitrogens with zero attached hydrogens (tertiary/aromatic N) is 2. The van der Waals surface area contributed by atoms with Gasteiger partial charge >= 0.3 is 0 Å². The maximum Gasteiger partial charge on any atom is 0.182 e. The minimum Gasteiger partial charge on any atom is -0.330 e. The lowest BCUT2D eigenvalue weighted by Gasteiger charge is -2.05. The first-order valence-corrected chi connectivity index (χ1v) is 7.63. The second-order valence-corrected chi connectivity index (χ2v) is 6.09. The SMILES string of the molecule is S=c1[nH]c2cccc(Cl)c2n1-c1ccc2ncsc2c1. The molecule has 0 fully saturated rings. The highest BCUT2D eigenvalue weighted by Crippen LogP contribution is 2.28. The quantitative estimate of drug-likeness (QED) is 0.504. The molecule has 0 atom stereocenters. The molecule has 0 aliphatic carbocycles. The minimum absolute atomic E-state index is 0.636. The summed E-state index contributed by atoms with van der Waals surface area (Å²) in [4.78, 5) is 7.48. The average molecular weight is 318 g/mol. The van der Waals surface area contributed by atoms with Gasteiger partial charge in [0.05, 0.1) is 37.5 Å². The fraction of sp³-hybridized carbons (Fsp3) is 0. The summed E-state index contributed by atoms with van der Waals surface area (Å²) in [6, 6.07) is 11.8. The van der Waals surface area contributed by atoms with Crippen molar-refractivity contribution in [2.45, 2.75) is 0 Å². The molecule has 1 N–H and O–H groups in total. The number of aromatic nitrogens is 3. The Kier molecular flexibility index (Phi) is 2.66. The van der Waals surface area contributed by atoms with E-state index in [0.29, 0.717) is 9.79 Å². The van der Waals surface area contributed by atoms with Gasteiger partial charge in [-0.2, -0.15) is 0 Å². The largest absolute Gasteiger partial charge is 0.330 e. The van der Waals surface area contributed by atoms with Crippen LogP contribution in [-0.2, 0) is 0 Å². The molecule has 0 amide bonds. The summed E-state index contributed by atoms with van der Waals surface area (Å²) in [6.07, 6.45) is 0. The normalized spacial score (nSPS) is 11.4. The minimum atomic E-state index is 0.636. The van der Waals surface area contributed by atoms with Crippen molar-refractivity contribution in [3.8, 4) is 5.69 Å². The van der Waals surface area contributed by atoms with Crippen LogP contribution in [0.1, 0.15) is 0 Å². The number of para-hydroxylation sites is 1. The van der Waals surface area contributed by atoms with Gasteiger partial charge in [0.1, 0.15) is 0 Å². The number of rotatable bonds is 1. The zero-order chi connectivity index (χ0) is 13.7. The van der Waals surface area contributed by atoms with Gasteiger partial charge in [-0.1, -0.05) is 17.7 Å². The first kappa shape index (κ1) is 12.1. The summed E-state index contributed by atoms with van der Waals surface area (Å²) >= 11 is 13.4. The van der Waals surface area contributed by atoms with Crippen molar-refractivity contribution in [3.05, 3.63) is 51.7 Å². The second kappa shape index (κ2) is 4.41. The Balaban J connectivity index is 2.11. The first-order valence-electron chi connectivity index (χ1n) is 5.97. The Morgan fingerprint density at radius 3 is 3.05 bits per heavy atom. The van der Waals surface area contributed by atoms with Gasteiger partial charge in [-0.05, 0) is 42.5 Å². The molecule has 0 spiro atoms. The van der Waals surface area contributed by atoms with Gasteiger partial charge in [-0.15, -0.1) is 11.3 Å². The summed E-state index contributed by atoms with van der Waals surface area (Å²) in [7, 11) is 0. The van der Waals surface area contributed by atoms with E-state index in [9.17, 15) is 0 Å². The van der Waals surface area contributed by atoms with Crippen LogP contribution in [0.25, 0.3) is 26.9 Å². The molecule has 4 rings (SSSR count). The fourth-order valence-corrected chi connectivity index (χ4v) is 3.62. The maximum absolute atomic E-state index is 6.33. The van der Waals surface area contributed by atoms with Crippen molar-refractivity contribution < 1.29 is 0 Å². The van der Waals surface area contributed by atoms with Crippen LogP contribution in [0.4, 0.5) is 0 Å². The van der Waals surface area contributed by atoms with Gasteiger partial charge in [-0.3, -0.25) is 4.57 Å². The molecule has 0 saturated heterocycles. The average Bonchev–Trinajstić information content (AvgIpc) is 3.01. The number of hydrogen-bond donors (Lipinski definition) is 1. The topological polar surface area (TPSA) is 33.6 Å². The van der Waals surface area contributed by atoms with Gasteiger partial charge in [0.15, 0.2) is 4.77 Å². The van der Waals surface area contributed by atoms with E-state index >= 15 is 0 Å². The molecule has 98 valence electrons. The standard InChI is InChI=1S/C14H8ClN3S2/c15-9-2-1-3-11-13(9)18(14(19)17-11)8-4-5-10-12(6-8)20-7-16-10/h1-7H,(H,17,19). The van der Waals surface area contributed by atoms with Crippen LogP contribution in [0.2, 0.25) is 5.02 Å². The van der Waals surface area contributed by atoms with Crippen LogP contribution >= 0.6 is 35.2 Å². The lowest BCUT2D eigenvalue weighted by atomic mass is 10.2. The molecule has 0 aliphatic heterocycles. The van der Waals surface area contributed by atoms with Gasteiger partial charge in [0.2, 0.25) is 0 Å². The van der Waals surface area contributed by atoms with E-state index in [1.165, 1.54) is 0 Å². The van der Waals surface area contributed by atoms with Crippen molar-refractivity contribution in [3.63, 3.8) is 0 Å². The zero-order valence-electron chi connectivity index (χ0n) is 10.1. The first-order chi connectivity index (χ1) is 9.74. The number of hydrogen-bond acceptors (Lipinski definition) is 3. The molecular weight excluding hydrogens is 310 g/mol. The predicted octanol–water partition coefficient (Wildman–Crippen LogP) is 4.95. The van der Waals surface area contributed by atoms with Crippen LogP contribution < -0.4 is 0 Å². The number of aromatic amines is 1. The van der Waals surface area contributed by atoms with Gasteiger partial charge in [-0.25, -0.2) is 4.98 Å². The molecule has 6 heteroatoms. The summed E-state index contributed by atoms with van der Waals surface area (Å²) in [6.45, 7) is 0. The summed E-state index contributed by atoms with van der Waals surface area (Å²) in [5, 5.41) is 0.680. The molecule has 4 aromatic rings. The summed E-state index contributed by atoms with van der Waals surface area (Å²) in [5.41, 5.74) is 5.67. The maximum atomic E-state index is 6.33. The molecule has 0 bridgehead atoms. The van der Waals surface area contributed by atoms with Crippen molar-refractivity contribution in [1.29, 1.82) is 0 Å². The predicted molar refractivity (Wildman–Crippen MR) is 86.6 cm³/mol. The molecule has 0 unspecified atom stereocenters. The Bertz CT molecular complexity index is 996. The third kappa shape index (κ3) is 1.71. The van der Waals surface area contributed by atoms with Crippen LogP contribution in [0.15, 0.2) is 41.9 Å². The summed E-state index contributed by atoms with van der Waals surface area (Å²) in [5.74, 6) is 0. The third-order valence-corrected chi connectivity index (χ3v) is 4.61. The monoisotopic (exact) mass is 317 g/mol. The lowest BCUT2D eigenvalue weighted by Crippen LogP contribution is -1.94. The number of benzene rings is 2. The second-order valence-electron chi connectivity index (χ2n) is 4.41. The highest BCUT2D eigenvalue weighted by atomic mass is 35.5. The van der Waals surface area contributed by atoms with Crippen molar-refractivity contribution in [2.75, 3.05) is 0 Å².